The lowest BCUT2D eigenvalue weighted by molar-refractivity contribution is -0.178. The van der Waals surface area contributed by atoms with Gasteiger partial charge in [0.05, 0.1) is 26.4 Å². The number of carbonyl (C=O) groups excluding carboxylic acids is 4. The van der Waals surface area contributed by atoms with Crippen LogP contribution in [0.2, 0.25) is 0 Å². The van der Waals surface area contributed by atoms with Gasteiger partial charge in [0, 0.05) is 56.7 Å². The van der Waals surface area contributed by atoms with Crippen LogP contribution in [0.4, 0.5) is 0 Å². The third-order valence-corrected chi connectivity index (χ3v) is 10.6. The maximum atomic E-state index is 14.4. The summed E-state index contributed by atoms with van der Waals surface area (Å²) in [6, 6.07) is 9.90. The Morgan fingerprint density at radius 2 is 1.77 bits per heavy atom. The minimum atomic E-state index is -1.24. The van der Waals surface area contributed by atoms with Gasteiger partial charge in [0.15, 0.2) is 0 Å². The van der Waals surface area contributed by atoms with Gasteiger partial charge in [-0.25, -0.2) is 0 Å². The predicted octanol–water partition coefficient (Wildman–Crippen LogP) is 4.24. The van der Waals surface area contributed by atoms with E-state index >= 15 is 0 Å². The van der Waals surface area contributed by atoms with Crippen LogP contribution in [-0.2, 0) is 40.0 Å². The van der Waals surface area contributed by atoms with Crippen molar-refractivity contribution in [1.29, 1.82) is 0 Å². The van der Waals surface area contributed by atoms with Crippen molar-refractivity contribution in [3.05, 3.63) is 59.3 Å². The van der Waals surface area contributed by atoms with Crippen molar-refractivity contribution in [3.8, 4) is 0 Å². The fraction of sp³-hybridized carbons (Fsp3) is 0.622. The summed E-state index contributed by atoms with van der Waals surface area (Å²) in [5.74, 6) is -1.08. The van der Waals surface area contributed by atoms with E-state index in [1.54, 1.807) is 9.80 Å². The zero-order valence-electron chi connectivity index (χ0n) is 27.9. The molecule has 0 radical (unpaired) electrons. The summed E-state index contributed by atoms with van der Waals surface area (Å²) < 4.78 is 17.9. The molecule has 10 heteroatoms. The van der Waals surface area contributed by atoms with Crippen molar-refractivity contribution in [2.24, 2.45) is 17.3 Å². The summed E-state index contributed by atoms with van der Waals surface area (Å²) in [6.45, 7) is 4.90. The second kappa shape index (κ2) is 14.7. The minimum Gasteiger partial charge on any atom is -0.468 e. The van der Waals surface area contributed by atoms with Crippen LogP contribution in [0.1, 0.15) is 70.3 Å². The Kier molecular flexibility index (Phi) is 10.5. The third-order valence-electron chi connectivity index (χ3n) is 10.6. The van der Waals surface area contributed by atoms with Crippen LogP contribution in [0.3, 0.4) is 0 Å². The Morgan fingerprint density at radius 1 is 1.02 bits per heavy atom. The first-order chi connectivity index (χ1) is 22.8. The molecule has 1 saturated carbocycles. The van der Waals surface area contributed by atoms with Crippen LogP contribution in [0, 0.1) is 17.3 Å². The summed E-state index contributed by atoms with van der Waals surface area (Å²) in [5, 5.41) is 0. The summed E-state index contributed by atoms with van der Waals surface area (Å²) in [5.41, 5.74) is 1.74. The molecule has 3 fully saturated rings. The van der Waals surface area contributed by atoms with E-state index in [9.17, 15) is 19.2 Å². The van der Waals surface area contributed by atoms with Crippen LogP contribution in [-0.4, -0.2) is 97.0 Å². The Hall–Kier alpha value is -3.50. The molecule has 0 bridgehead atoms. The van der Waals surface area contributed by atoms with Crippen molar-refractivity contribution in [2.45, 2.75) is 83.5 Å². The molecule has 2 saturated heterocycles. The summed E-state index contributed by atoms with van der Waals surface area (Å²) in [4.78, 5) is 59.8. The van der Waals surface area contributed by atoms with Crippen LogP contribution < -0.4 is 0 Å². The van der Waals surface area contributed by atoms with E-state index in [1.165, 1.54) is 19.1 Å². The Bertz CT molecular complexity index is 1380. The molecule has 6 rings (SSSR count). The topological polar surface area (TPSA) is 106 Å². The highest BCUT2D eigenvalue weighted by molar-refractivity contribution is 5.93. The van der Waals surface area contributed by atoms with E-state index in [4.69, 9.17) is 14.2 Å². The fourth-order valence-corrected chi connectivity index (χ4v) is 7.74. The van der Waals surface area contributed by atoms with Gasteiger partial charge in [-0.05, 0) is 69.9 Å². The number of rotatable bonds is 11. The number of piperidine rings is 1. The van der Waals surface area contributed by atoms with Crippen LogP contribution in [0.25, 0.3) is 0 Å². The minimum absolute atomic E-state index is 0.00302. The van der Waals surface area contributed by atoms with Crippen LogP contribution in [0.5, 0.6) is 0 Å². The second-order valence-electron chi connectivity index (χ2n) is 13.8. The highest BCUT2D eigenvalue weighted by Crippen LogP contribution is 2.50. The Balaban J connectivity index is 1.22. The lowest BCUT2D eigenvalue weighted by Gasteiger charge is -2.51. The normalized spacial score (nSPS) is 27.9. The molecule has 3 aliphatic heterocycles. The highest BCUT2D eigenvalue weighted by atomic mass is 16.5. The number of nitrogens with zero attached hydrogens (tertiary/aromatic N) is 3. The van der Waals surface area contributed by atoms with Crippen LogP contribution in [0.15, 0.2) is 53.8 Å². The van der Waals surface area contributed by atoms with Crippen molar-refractivity contribution in [1.82, 2.24) is 14.7 Å². The molecule has 0 unspecified atom stereocenters. The van der Waals surface area contributed by atoms with Gasteiger partial charge < -0.3 is 28.9 Å². The molecule has 5 aliphatic rings. The number of hydrogen-bond acceptors (Lipinski definition) is 7. The van der Waals surface area contributed by atoms with E-state index in [2.05, 4.69) is 6.08 Å². The van der Waals surface area contributed by atoms with Gasteiger partial charge in [-0.2, -0.15) is 0 Å². The quantitative estimate of drug-likeness (QED) is 0.261. The Morgan fingerprint density at radius 3 is 2.45 bits per heavy atom. The highest BCUT2D eigenvalue weighted by Gasteiger charge is 2.59. The van der Waals surface area contributed by atoms with Gasteiger partial charge >= 0.3 is 5.97 Å². The Labute approximate surface area is 278 Å². The summed E-state index contributed by atoms with van der Waals surface area (Å²) in [6.07, 6.45) is 10.2. The zero-order chi connectivity index (χ0) is 33.0. The number of allylic oxidation sites excluding steroid dienone is 1. The van der Waals surface area contributed by atoms with E-state index < -0.39 is 29.5 Å². The lowest BCUT2D eigenvalue weighted by atomic mass is 9.66. The van der Waals surface area contributed by atoms with E-state index in [0.29, 0.717) is 51.4 Å². The number of benzene rings is 1. The second-order valence-corrected chi connectivity index (χ2v) is 13.8. The molecule has 47 heavy (non-hydrogen) atoms. The molecule has 1 aromatic rings. The van der Waals surface area contributed by atoms with Gasteiger partial charge in [-0.15, -0.1) is 0 Å². The first-order valence-electron chi connectivity index (χ1n) is 17.4. The van der Waals surface area contributed by atoms with E-state index in [0.717, 1.165) is 37.7 Å². The molecule has 3 amide bonds. The molecule has 0 spiro atoms. The van der Waals surface area contributed by atoms with Gasteiger partial charge in [-0.1, -0.05) is 42.0 Å². The number of likely N-dealkylation sites (tertiary alicyclic amines) is 1. The SMILES string of the molecule is COC(=O)[C@]12C[C@H](CC(=O)N3CCN(C(=O)C4CC4)CC3)C(=O)N(CCC3=CCCCC3)C1=C[C@H](COCc1ccccc1)O[C@@H]2C. The lowest BCUT2D eigenvalue weighted by Crippen LogP contribution is -2.61. The molecule has 4 atom stereocenters. The number of ether oxygens (including phenoxy) is 3. The molecule has 10 nitrogen and oxygen atoms in total. The number of methoxy groups -OCH3 is 1. The van der Waals surface area contributed by atoms with Gasteiger partial charge in [0.2, 0.25) is 17.7 Å². The largest absolute Gasteiger partial charge is 0.468 e. The van der Waals surface area contributed by atoms with E-state index in [-0.39, 0.29) is 43.1 Å². The van der Waals surface area contributed by atoms with Gasteiger partial charge in [0.25, 0.3) is 0 Å². The average Bonchev–Trinajstić information content (AvgIpc) is 3.95. The standard InChI is InChI=1S/C37H49N3O7/c1-26-37(36(44)45-2)23-30(21-33(41)38-17-19-39(20-18-38)34(42)29-13-14-29)35(43)40(16-15-27-9-5-3-6-10-27)32(37)22-31(47-26)25-46-24-28-11-7-4-8-12-28/h4,7-9,11-12,22,26,29-31H,3,5-6,10,13-21,23-25H2,1-2H3/t26-,30+,31-,37+/m1/s1. The number of hydrogen-bond donors (Lipinski definition) is 0. The number of piperazine rings is 1. The average molecular weight is 648 g/mol. The van der Waals surface area contributed by atoms with Crippen molar-refractivity contribution in [3.63, 3.8) is 0 Å². The van der Waals surface area contributed by atoms with Crippen molar-refractivity contribution in [2.75, 3.05) is 46.4 Å². The number of fused-ring (bicyclic) bond motifs is 1. The zero-order valence-corrected chi connectivity index (χ0v) is 27.9. The molecule has 2 aliphatic carbocycles. The third kappa shape index (κ3) is 7.33. The van der Waals surface area contributed by atoms with E-state index in [1.807, 2.05) is 48.2 Å². The molecule has 3 heterocycles. The van der Waals surface area contributed by atoms with Crippen molar-refractivity contribution < 1.29 is 33.4 Å². The molecule has 254 valence electrons. The molecule has 0 N–H and O–H groups in total. The maximum Gasteiger partial charge on any atom is 0.320 e. The fourth-order valence-electron chi connectivity index (χ4n) is 7.74. The smallest absolute Gasteiger partial charge is 0.320 e. The molecular formula is C37H49N3O7. The predicted molar refractivity (Wildman–Crippen MR) is 174 cm³/mol. The van der Waals surface area contributed by atoms with Gasteiger partial charge in [0.1, 0.15) is 11.5 Å². The van der Waals surface area contributed by atoms with Crippen molar-refractivity contribution >= 4 is 23.7 Å². The monoisotopic (exact) mass is 647 g/mol. The molecule has 0 aromatic heterocycles. The number of carbonyl (C=O) groups is 4. The maximum absolute atomic E-state index is 14.4. The first-order valence-corrected chi connectivity index (χ1v) is 17.4. The number of esters is 1. The summed E-state index contributed by atoms with van der Waals surface area (Å²) >= 11 is 0. The first kappa shape index (κ1) is 33.4. The molecule has 1 aromatic carbocycles. The number of amides is 3. The molecular weight excluding hydrogens is 598 g/mol. The summed E-state index contributed by atoms with van der Waals surface area (Å²) in [7, 11) is 1.37. The van der Waals surface area contributed by atoms with Gasteiger partial charge in [-0.3, -0.25) is 19.2 Å². The van der Waals surface area contributed by atoms with Crippen LogP contribution >= 0.6 is 0 Å².